The quantitative estimate of drug-likeness (QED) is 0.331. The first-order valence-corrected chi connectivity index (χ1v) is 8.37. The Morgan fingerprint density at radius 1 is 1.26 bits per heavy atom. The van der Waals surface area contributed by atoms with E-state index in [1.165, 1.54) is 49.6 Å². The molecule has 1 fully saturated rings. The Hall–Kier alpha value is -3.40. The van der Waals surface area contributed by atoms with Gasteiger partial charge in [-0.25, -0.2) is 4.79 Å². The Bertz CT molecular complexity index is 962. The summed E-state index contributed by atoms with van der Waals surface area (Å²) in [5.74, 6) is -0.942. The zero-order valence-electron chi connectivity index (χ0n) is 13.9. The Morgan fingerprint density at radius 3 is 2.59 bits per heavy atom. The van der Waals surface area contributed by atoms with Gasteiger partial charge in [0.05, 0.1) is 23.5 Å². The summed E-state index contributed by atoms with van der Waals surface area (Å²) >= 11 is 0.755. The number of benzene rings is 1. The smallest absolute Gasteiger partial charge is 0.373 e. The van der Waals surface area contributed by atoms with Crippen molar-refractivity contribution in [2.75, 3.05) is 7.11 Å². The number of nitro benzene ring substituents is 1. The fraction of sp³-hybridized carbons (Fsp3) is 0.118. The van der Waals surface area contributed by atoms with E-state index in [1.54, 1.807) is 0 Å². The highest BCUT2D eigenvalue weighted by Gasteiger charge is 2.35. The minimum atomic E-state index is -0.659. The number of thioether (sulfide) groups is 1. The van der Waals surface area contributed by atoms with E-state index in [0.717, 1.165) is 16.7 Å². The van der Waals surface area contributed by atoms with E-state index in [9.17, 15) is 24.5 Å². The number of hydrogen-bond donors (Lipinski definition) is 0. The van der Waals surface area contributed by atoms with Crippen LogP contribution in [0.2, 0.25) is 0 Å². The summed E-state index contributed by atoms with van der Waals surface area (Å²) < 4.78 is 9.80. The third kappa shape index (κ3) is 3.90. The van der Waals surface area contributed by atoms with E-state index in [-0.39, 0.29) is 28.7 Å². The van der Waals surface area contributed by atoms with E-state index < -0.39 is 22.0 Å². The molecule has 2 heterocycles. The lowest BCUT2D eigenvalue weighted by Gasteiger charge is -2.09. The van der Waals surface area contributed by atoms with Crippen molar-refractivity contribution >= 4 is 40.6 Å². The third-order valence-electron chi connectivity index (χ3n) is 3.64. The van der Waals surface area contributed by atoms with E-state index in [1.807, 2.05) is 0 Å². The number of hydrogen-bond acceptors (Lipinski definition) is 8. The lowest BCUT2D eigenvalue weighted by molar-refractivity contribution is -0.384. The minimum absolute atomic E-state index is 0.0270. The van der Waals surface area contributed by atoms with Crippen molar-refractivity contribution < 1.29 is 28.5 Å². The molecule has 0 atom stereocenters. The summed E-state index contributed by atoms with van der Waals surface area (Å²) in [6, 6.07) is 8.48. The van der Waals surface area contributed by atoms with Gasteiger partial charge >= 0.3 is 5.97 Å². The molecule has 9 nitrogen and oxygen atoms in total. The predicted molar refractivity (Wildman–Crippen MR) is 94.7 cm³/mol. The lowest BCUT2D eigenvalue weighted by atomic mass is 10.2. The number of nitrogens with zero attached hydrogens (tertiary/aromatic N) is 2. The zero-order valence-corrected chi connectivity index (χ0v) is 14.7. The number of carbonyl (C=O) groups is 3. The van der Waals surface area contributed by atoms with E-state index >= 15 is 0 Å². The van der Waals surface area contributed by atoms with Crippen molar-refractivity contribution in [1.29, 1.82) is 0 Å². The number of rotatable bonds is 5. The van der Waals surface area contributed by atoms with Crippen LogP contribution < -0.4 is 0 Å². The molecule has 0 bridgehead atoms. The van der Waals surface area contributed by atoms with Gasteiger partial charge in [-0.1, -0.05) is 0 Å². The number of ether oxygens (including phenoxy) is 1. The number of imide groups is 1. The largest absolute Gasteiger partial charge is 0.463 e. The van der Waals surface area contributed by atoms with Crippen molar-refractivity contribution in [3.63, 3.8) is 0 Å². The van der Waals surface area contributed by atoms with Gasteiger partial charge in [-0.2, -0.15) is 0 Å². The van der Waals surface area contributed by atoms with Gasteiger partial charge in [-0.3, -0.25) is 24.6 Å². The maximum absolute atomic E-state index is 12.5. The normalized spacial score (nSPS) is 15.4. The van der Waals surface area contributed by atoms with Crippen molar-refractivity contribution in [2.24, 2.45) is 0 Å². The monoisotopic (exact) mass is 388 g/mol. The fourth-order valence-electron chi connectivity index (χ4n) is 2.31. The van der Waals surface area contributed by atoms with Gasteiger partial charge in [-0.05, 0) is 47.7 Å². The molecule has 138 valence electrons. The first-order valence-electron chi connectivity index (χ1n) is 7.56. The van der Waals surface area contributed by atoms with Crippen LogP contribution in [0.25, 0.3) is 6.08 Å². The molecule has 1 aliphatic heterocycles. The molecule has 10 heteroatoms. The van der Waals surface area contributed by atoms with Crippen LogP contribution in [0.15, 0.2) is 45.7 Å². The van der Waals surface area contributed by atoms with Gasteiger partial charge in [0.25, 0.3) is 16.8 Å². The van der Waals surface area contributed by atoms with Crippen molar-refractivity contribution in [3.8, 4) is 0 Å². The molecule has 0 radical (unpaired) electrons. The molecule has 1 aromatic carbocycles. The molecule has 0 N–H and O–H groups in total. The first-order chi connectivity index (χ1) is 12.9. The molecule has 1 aliphatic rings. The Morgan fingerprint density at radius 2 is 1.96 bits per heavy atom. The van der Waals surface area contributed by atoms with Crippen molar-refractivity contribution in [1.82, 2.24) is 4.90 Å². The molecule has 1 aromatic heterocycles. The lowest BCUT2D eigenvalue weighted by Crippen LogP contribution is -2.27. The molecule has 0 unspecified atom stereocenters. The SMILES string of the molecule is COC(=O)c1ccc(CN2C(=O)S/C(=C/c3ccc([N+](=O)[O-])cc3)C2=O)o1. The first kappa shape index (κ1) is 18.4. The Balaban J connectivity index is 1.75. The number of nitro groups is 1. The average Bonchev–Trinajstić information content (AvgIpc) is 3.22. The maximum Gasteiger partial charge on any atom is 0.373 e. The molecule has 0 aliphatic carbocycles. The van der Waals surface area contributed by atoms with Crippen molar-refractivity contribution in [2.45, 2.75) is 6.54 Å². The second-order valence-electron chi connectivity index (χ2n) is 5.37. The second kappa shape index (κ2) is 7.46. The average molecular weight is 388 g/mol. The summed E-state index contributed by atoms with van der Waals surface area (Å²) in [6.45, 7) is -0.126. The van der Waals surface area contributed by atoms with E-state index in [4.69, 9.17) is 4.42 Å². The van der Waals surface area contributed by atoms with Crippen LogP contribution in [0.1, 0.15) is 21.9 Å². The molecular weight excluding hydrogens is 376 g/mol. The molecule has 27 heavy (non-hydrogen) atoms. The number of amides is 2. The molecule has 0 spiro atoms. The predicted octanol–water partition coefficient (Wildman–Crippen LogP) is 3.21. The zero-order chi connectivity index (χ0) is 19.6. The van der Waals surface area contributed by atoms with Gasteiger partial charge < -0.3 is 9.15 Å². The summed E-state index contributed by atoms with van der Waals surface area (Å²) in [5.41, 5.74) is 0.483. The van der Waals surface area contributed by atoms with E-state index in [0.29, 0.717) is 5.56 Å². The Kier molecular flexibility index (Phi) is 5.08. The van der Waals surface area contributed by atoms with E-state index in [2.05, 4.69) is 4.74 Å². The van der Waals surface area contributed by atoms with Gasteiger partial charge in [0.1, 0.15) is 5.76 Å². The minimum Gasteiger partial charge on any atom is -0.463 e. The molecule has 1 saturated heterocycles. The summed E-state index contributed by atoms with van der Waals surface area (Å²) in [7, 11) is 1.21. The number of carbonyl (C=O) groups excluding carboxylic acids is 3. The molecule has 3 rings (SSSR count). The van der Waals surface area contributed by atoms with Gasteiger partial charge in [0, 0.05) is 12.1 Å². The number of non-ortho nitro benzene ring substituents is 1. The molecule has 2 aromatic rings. The number of methoxy groups -OCH3 is 1. The number of furan rings is 1. The van der Waals surface area contributed by atoms with Crippen LogP contribution >= 0.6 is 11.8 Å². The van der Waals surface area contributed by atoms with Crippen molar-refractivity contribution in [3.05, 3.63) is 68.5 Å². The highest BCUT2D eigenvalue weighted by molar-refractivity contribution is 8.18. The van der Waals surface area contributed by atoms with Crippen LogP contribution in [-0.2, 0) is 16.1 Å². The molecule has 0 saturated carbocycles. The van der Waals surface area contributed by atoms with Crippen LogP contribution in [-0.4, -0.2) is 34.0 Å². The second-order valence-corrected chi connectivity index (χ2v) is 6.37. The number of esters is 1. The fourth-order valence-corrected chi connectivity index (χ4v) is 3.15. The summed E-state index contributed by atoms with van der Waals surface area (Å²) in [6.07, 6.45) is 1.48. The standard InChI is InChI=1S/C17H12N2O7S/c1-25-16(21)13-7-6-12(26-13)9-18-15(20)14(27-17(18)22)8-10-2-4-11(5-3-10)19(23)24/h2-8H,9H2,1H3/b14-8+. The molecular formula is C17H12N2O7S. The summed E-state index contributed by atoms with van der Waals surface area (Å²) in [5, 5.41) is 10.2. The maximum atomic E-state index is 12.5. The van der Waals surface area contributed by atoms with Crippen LogP contribution in [0, 0.1) is 10.1 Å². The highest BCUT2D eigenvalue weighted by atomic mass is 32.2. The van der Waals surface area contributed by atoms with Gasteiger partial charge in [0.15, 0.2) is 0 Å². The Labute approximate surface area is 156 Å². The van der Waals surface area contributed by atoms with Crippen LogP contribution in [0.5, 0.6) is 0 Å². The third-order valence-corrected chi connectivity index (χ3v) is 4.54. The van der Waals surface area contributed by atoms with Crippen LogP contribution in [0.3, 0.4) is 0 Å². The van der Waals surface area contributed by atoms with Crippen LogP contribution in [0.4, 0.5) is 10.5 Å². The van der Waals surface area contributed by atoms with Gasteiger partial charge in [-0.15, -0.1) is 0 Å². The topological polar surface area (TPSA) is 120 Å². The summed E-state index contributed by atoms with van der Waals surface area (Å²) in [4.78, 5) is 47.3. The highest BCUT2D eigenvalue weighted by Crippen LogP contribution is 2.33. The van der Waals surface area contributed by atoms with Gasteiger partial charge in [0.2, 0.25) is 5.76 Å². The molecule has 2 amide bonds.